The van der Waals surface area contributed by atoms with Gasteiger partial charge >= 0.3 is 0 Å². The van der Waals surface area contributed by atoms with E-state index in [0.29, 0.717) is 11.6 Å². The van der Waals surface area contributed by atoms with E-state index in [2.05, 4.69) is 57.6 Å². The first-order valence-electron chi connectivity index (χ1n) is 12.2. The Bertz CT molecular complexity index is 1720. The molecule has 0 radical (unpaired) electrons. The summed E-state index contributed by atoms with van der Waals surface area (Å²) in [5.41, 5.74) is 4.46. The molecule has 0 atom stereocenters. The van der Waals surface area contributed by atoms with Gasteiger partial charge in [-0.2, -0.15) is 15.0 Å². The monoisotopic (exact) mass is 518 g/mol. The Morgan fingerprint density at radius 3 is 2.03 bits per heavy atom. The van der Waals surface area contributed by atoms with Gasteiger partial charge in [-0.3, -0.25) is 5.32 Å². The topological polar surface area (TPSA) is 118 Å². The second-order valence-electron chi connectivity index (χ2n) is 8.69. The van der Waals surface area contributed by atoms with Crippen molar-refractivity contribution < 1.29 is 4.39 Å². The van der Waals surface area contributed by atoms with Crippen LogP contribution in [0.5, 0.6) is 0 Å². The number of anilines is 6. The Morgan fingerprint density at radius 2 is 1.31 bits per heavy atom. The van der Waals surface area contributed by atoms with Crippen molar-refractivity contribution in [1.82, 2.24) is 34.5 Å². The van der Waals surface area contributed by atoms with Crippen LogP contribution in [-0.4, -0.2) is 34.5 Å². The molecule has 6 rings (SSSR count). The summed E-state index contributed by atoms with van der Waals surface area (Å²) in [7, 11) is 0. The maximum atomic E-state index is 13.4. The predicted octanol–water partition coefficient (Wildman–Crippen LogP) is 5.74. The maximum Gasteiger partial charge on any atom is 0.236 e. The van der Waals surface area contributed by atoms with Crippen molar-refractivity contribution in [3.05, 3.63) is 108 Å². The Labute approximate surface area is 223 Å². The fourth-order valence-corrected chi connectivity index (χ4v) is 4.09. The van der Waals surface area contributed by atoms with Gasteiger partial charge in [-0.15, -0.1) is 0 Å². The molecule has 0 aliphatic carbocycles. The molecule has 6 aromatic rings. The standard InChI is InChI=1S/C28H23FN10/c1-18-32-23-16-22(12-13-24(23)39(18)17-19-6-3-2-4-7-19)34-27-36-26(33-21-10-8-20(29)9-11-21)37-28(38-27)35-25-30-14-5-15-31-25/h2-16H,17H2,1H3,(H3,30,31,33,34,35,36,37,38). The maximum absolute atomic E-state index is 13.4. The largest absolute Gasteiger partial charge is 0.324 e. The van der Waals surface area contributed by atoms with Gasteiger partial charge < -0.3 is 15.2 Å². The minimum Gasteiger partial charge on any atom is -0.324 e. The summed E-state index contributed by atoms with van der Waals surface area (Å²) < 4.78 is 15.6. The summed E-state index contributed by atoms with van der Waals surface area (Å²) in [4.78, 5) is 26.5. The molecule has 192 valence electrons. The number of hydrogen-bond acceptors (Lipinski definition) is 9. The first-order valence-corrected chi connectivity index (χ1v) is 12.2. The third-order valence-electron chi connectivity index (χ3n) is 5.90. The number of nitrogens with zero attached hydrogens (tertiary/aromatic N) is 7. The smallest absolute Gasteiger partial charge is 0.236 e. The van der Waals surface area contributed by atoms with Crippen molar-refractivity contribution in [2.75, 3.05) is 16.0 Å². The number of aromatic nitrogens is 7. The lowest BCUT2D eigenvalue weighted by atomic mass is 10.2. The van der Waals surface area contributed by atoms with Crippen molar-refractivity contribution in [1.29, 1.82) is 0 Å². The van der Waals surface area contributed by atoms with E-state index in [-0.39, 0.29) is 23.7 Å². The first kappa shape index (κ1) is 23.9. The van der Waals surface area contributed by atoms with Crippen LogP contribution in [0.25, 0.3) is 11.0 Å². The Balaban J connectivity index is 1.30. The average molecular weight is 519 g/mol. The number of benzene rings is 3. The van der Waals surface area contributed by atoms with E-state index in [1.54, 1.807) is 30.6 Å². The number of rotatable bonds is 8. The molecular weight excluding hydrogens is 495 g/mol. The van der Waals surface area contributed by atoms with E-state index < -0.39 is 0 Å². The third-order valence-corrected chi connectivity index (χ3v) is 5.90. The molecule has 3 heterocycles. The first-order chi connectivity index (χ1) is 19.1. The quantitative estimate of drug-likeness (QED) is 0.232. The van der Waals surface area contributed by atoms with Crippen molar-refractivity contribution in [2.45, 2.75) is 13.5 Å². The lowest BCUT2D eigenvalue weighted by Gasteiger charge is -2.11. The highest BCUT2D eigenvalue weighted by Crippen LogP contribution is 2.25. The highest BCUT2D eigenvalue weighted by atomic mass is 19.1. The molecule has 0 saturated carbocycles. The van der Waals surface area contributed by atoms with Crippen LogP contribution >= 0.6 is 0 Å². The Hall–Kier alpha value is -5.45. The molecule has 3 aromatic carbocycles. The van der Waals surface area contributed by atoms with Gasteiger partial charge in [-0.05, 0) is 61.0 Å². The fraction of sp³-hybridized carbons (Fsp3) is 0.0714. The lowest BCUT2D eigenvalue weighted by molar-refractivity contribution is 0.628. The van der Waals surface area contributed by atoms with E-state index in [9.17, 15) is 4.39 Å². The number of fused-ring (bicyclic) bond motifs is 1. The van der Waals surface area contributed by atoms with Gasteiger partial charge in [-0.1, -0.05) is 30.3 Å². The van der Waals surface area contributed by atoms with Gasteiger partial charge in [0, 0.05) is 30.3 Å². The minimum atomic E-state index is -0.334. The number of nitrogens with one attached hydrogen (secondary N) is 3. The summed E-state index contributed by atoms with van der Waals surface area (Å²) in [5.74, 6) is 1.69. The summed E-state index contributed by atoms with van der Waals surface area (Å²) in [6.07, 6.45) is 3.23. The zero-order chi connectivity index (χ0) is 26.6. The van der Waals surface area contributed by atoms with Gasteiger partial charge in [0.05, 0.1) is 11.0 Å². The van der Waals surface area contributed by atoms with Crippen molar-refractivity contribution >= 4 is 46.2 Å². The van der Waals surface area contributed by atoms with Crippen molar-refractivity contribution in [2.24, 2.45) is 0 Å². The highest BCUT2D eigenvalue weighted by molar-refractivity contribution is 5.81. The van der Waals surface area contributed by atoms with Crippen LogP contribution in [-0.2, 0) is 6.54 Å². The third kappa shape index (κ3) is 5.62. The highest BCUT2D eigenvalue weighted by Gasteiger charge is 2.12. The molecule has 39 heavy (non-hydrogen) atoms. The predicted molar refractivity (Wildman–Crippen MR) is 148 cm³/mol. The SMILES string of the molecule is Cc1nc2cc(Nc3nc(Nc4ccc(F)cc4)nc(Nc4ncccn4)n3)ccc2n1Cc1ccccc1. The van der Waals surface area contributed by atoms with Crippen LogP contribution in [0.3, 0.4) is 0 Å². The molecule has 3 N–H and O–H groups in total. The van der Waals surface area contributed by atoms with E-state index in [0.717, 1.165) is 29.1 Å². The lowest BCUT2D eigenvalue weighted by Crippen LogP contribution is -2.08. The average Bonchev–Trinajstić information content (AvgIpc) is 3.25. The molecule has 0 aliphatic rings. The Kier molecular flexibility index (Phi) is 6.44. The molecule has 0 spiro atoms. The molecule has 11 heteroatoms. The summed E-state index contributed by atoms with van der Waals surface area (Å²) in [5, 5.41) is 9.31. The zero-order valence-corrected chi connectivity index (χ0v) is 20.9. The van der Waals surface area contributed by atoms with Crippen LogP contribution in [0.4, 0.5) is 39.6 Å². The van der Waals surface area contributed by atoms with Crippen molar-refractivity contribution in [3.63, 3.8) is 0 Å². The molecule has 0 saturated heterocycles. The van der Waals surface area contributed by atoms with Gasteiger partial charge in [0.25, 0.3) is 0 Å². The number of aryl methyl sites for hydroxylation is 1. The second kappa shape index (κ2) is 10.5. The fourth-order valence-electron chi connectivity index (χ4n) is 4.09. The van der Waals surface area contributed by atoms with Crippen LogP contribution in [0.2, 0.25) is 0 Å². The van der Waals surface area contributed by atoms with Gasteiger partial charge in [-0.25, -0.2) is 19.3 Å². The normalized spacial score (nSPS) is 10.9. The van der Waals surface area contributed by atoms with E-state index in [4.69, 9.17) is 4.98 Å². The molecule has 3 aromatic heterocycles. The minimum absolute atomic E-state index is 0.229. The van der Waals surface area contributed by atoms with Crippen LogP contribution in [0.15, 0.2) is 91.3 Å². The second-order valence-corrected chi connectivity index (χ2v) is 8.69. The zero-order valence-electron chi connectivity index (χ0n) is 20.9. The summed E-state index contributed by atoms with van der Waals surface area (Å²) in [6.45, 7) is 2.73. The number of imidazole rings is 1. The van der Waals surface area contributed by atoms with E-state index >= 15 is 0 Å². The molecule has 0 bridgehead atoms. The molecule has 0 fully saturated rings. The van der Waals surface area contributed by atoms with E-state index in [1.165, 1.54) is 17.7 Å². The number of halogens is 1. The summed E-state index contributed by atoms with van der Waals surface area (Å²) >= 11 is 0. The molecular formula is C28H23FN10. The van der Waals surface area contributed by atoms with Crippen molar-refractivity contribution in [3.8, 4) is 0 Å². The molecule has 10 nitrogen and oxygen atoms in total. The van der Waals surface area contributed by atoms with E-state index in [1.807, 2.05) is 43.3 Å². The molecule has 0 unspecified atom stereocenters. The van der Waals surface area contributed by atoms with Crippen LogP contribution < -0.4 is 16.0 Å². The van der Waals surface area contributed by atoms with Gasteiger partial charge in [0.15, 0.2) is 0 Å². The van der Waals surface area contributed by atoms with Gasteiger partial charge in [0.1, 0.15) is 11.6 Å². The Morgan fingerprint density at radius 1 is 0.667 bits per heavy atom. The van der Waals surface area contributed by atoms with Gasteiger partial charge in [0.2, 0.25) is 23.8 Å². The summed E-state index contributed by atoms with van der Waals surface area (Å²) in [6, 6.07) is 23.8. The molecule has 0 aliphatic heterocycles. The molecule has 0 amide bonds. The van der Waals surface area contributed by atoms with Crippen LogP contribution in [0.1, 0.15) is 11.4 Å². The number of hydrogen-bond donors (Lipinski definition) is 3. The van der Waals surface area contributed by atoms with Crippen LogP contribution in [0, 0.1) is 12.7 Å².